The van der Waals surface area contributed by atoms with Gasteiger partial charge in [0.15, 0.2) is 5.78 Å². The van der Waals surface area contributed by atoms with E-state index < -0.39 is 5.41 Å². The fourth-order valence-electron chi connectivity index (χ4n) is 2.49. The highest BCUT2D eigenvalue weighted by molar-refractivity contribution is 7.07. The molecule has 0 aliphatic carbocycles. The zero-order chi connectivity index (χ0) is 19.4. The van der Waals surface area contributed by atoms with E-state index in [0.29, 0.717) is 22.1 Å². The van der Waals surface area contributed by atoms with Gasteiger partial charge in [0.25, 0.3) is 0 Å². The molecule has 27 heavy (non-hydrogen) atoms. The molecular weight excluding hydrogens is 382 g/mol. The summed E-state index contributed by atoms with van der Waals surface area (Å²) in [6, 6.07) is 10.7. The van der Waals surface area contributed by atoms with E-state index >= 15 is 0 Å². The van der Waals surface area contributed by atoms with Gasteiger partial charge in [-0.05, 0) is 43.7 Å². The van der Waals surface area contributed by atoms with E-state index in [1.54, 1.807) is 41.4 Å². The molecule has 3 aromatic rings. The van der Waals surface area contributed by atoms with Crippen molar-refractivity contribution in [1.82, 2.24) is 9.97 Å². The largest absolute Gasteiger partial charge is 0.324 e. The maximum atomic E-state index is 12.7. The van der Waals surface area contributed by atoms with Crippen LogP contribution in [-0.4, -0.2) is 21.7 Å². The summed E-state index contributed by atoms with van der Waals surface area (Å²) in [7, 11) is 0. The highest BCUT2D eigenvalue weighted by Crippen LogP contribution is 2.26. The number of nitrogens with zero attached hydrogens (tertiary/aromatic N) is 2. The molecule has 0 aliphatic heterocycles. The Hall–Kier alpha value is -2.57. The minimum Gasteiger partial charge on any atom is -0.324 e. The molecule has 0 aliphatic rings. The van der Waals surface area contributed by atoms with Gasteiger partial charge in [0.1, 0.15) is 5.69 Å². The highest BCUT2D eigenvalue weighted by atomic mass is 35.5. The van der Waals surface area contributed by atoms with E-state index in [2.05, 4.69) is 15.3 Å². The molecule has 3 rings (SSSR count). The topological polar surface area (TPSA) is 72.0 Å². The lowest BCUT2D eigenvalue weighted by Gasteiger charge is -2.24. The Morgan fingerprint density at radius 2 is 1.85 bits per heavy atom. The number of anilines is 1. The monoisotopic (exact) mass is 399 g/mol. The normalized spacial score (nSPS) is 11.2. The molecule has 0 unspecified atom stereocenters. The van der Waals surface area contributed by atoms with Gasteiger partial charge < -0.3 is 5.32 Å². The molecular formula is C20H18ClN3O2S. The Morgan fingerprint density at radius 3 is 2.44 bits per heavy atom. The first kappa shape index (κ1) is 19.2. The molecule has 5 nitrogen and oxygen atoms in total. The van der Waals surface area contributed by atoms with Gasteiger partial charge in [-0.3, -0.25) is 14.6 Å². The van der Waals surface area contributed by atoms with Crippen LogP contribution in [0.15, 0.2) is 53.5 Å². The SMILES string of the molecule is CC(C)(C(=O)Nc1ccc(CC(=O)c2cscn2)nc1)c1ccc(Cl)cc1. The quantitative estimate of drug-likeness (QED) is 0.618. The van der Waals surface area contributed by atoms with Crippen LogP contribution in [-0.2, 0) is 16.6 Å². The van der Waals surface area contributed by atoms with Gasteiger partial charge in [-0.25, -0.2) is 4.98 Å². The van der Waals surface area contributed by atoms with Crippen molar-refractivity contribution < 1.29 is 9.59 Å². The van der Waals surface area contributed by atoms with Crippen molar-refractivity contribution in [3.05, 3.63) is 75.5 Å². The first-order chi connectivity index (χ1) is 12.9. The number of ketones is 1. The van der Waals surface area contributed by atoms with E-state index in [0.717, 1.165) is 5.56 Å². The molecule has 1 amide bonds. The number of aromatic nitrogens is 2. The lowest BCUT2D eigenvalue weighted by Crippen LogP contribution is -2.34. The maximum Gasteiger partial charge on any atom is 0.234 e. The Labute approximate surface area is 166 Å². The number of nitrogens with one attached hydrogen (secondary N) is 1. The van der Waals surface area contributed by atoms with E-state index in [-0.39, 0.29) is 18.1 Å². The van der Waals surface area contributed by atoms with E-state index in [1.807, 2.05) is 26.0 Å². The van der Waals surface area contributed by atoms with Crippen molar-refractivity contribution >= 4 is 40.3 Å². The Kier molecular flexibility index (Phi) is 5.68. The number of benzene rings is 1. The number of carbonyl (C=O) groups is 2. The second-order valence-corrected chi connectivity index (χ2v) is 7.75. The Bertz CT molecular complexity index is 936. The van der Waals surface area contributed by atoms with Crippen LogP contribution in [0.4, 0.5) is 5.69 Å². The summed E-state index contributed by atoms with van der Waals surface area (Å²) in [5.74, 6) is -0.234. The zero-order valence-corrected chi connectivity index (χ0v) is 16.5. The lowest BCUT2D eigenvalue weighted by atomic mass is 9.83. The minimum absolute atomic E-state index is 0.0793. The maximum absolute atomic E-state index is 12.7. The number of thiazole rings is 1. The van der Waals surface area contributed by atoms with Crippen molar-refractivity contribution in [2.45, 2.75) is 25.7 Å². The number of amides is 1. The second kappa shape index (κ2) is 7.98. The van der Waals surface area contributed by atoms with Crippen LogP contribution >= 0.6 is 22.9 Å². The highest BCUT2D eigenvalue weighted by Gasteiger charge is 2.29. The first-order valence-corrected chi connectivity index (χ1v) is 9.62. The fraction of sp³-hybridized carbons (Fsp3) is 0.200. The molecule has 1 N–H and O–H groups in total. The molecule has 2 heterocycles. The molecule has 0 fully saturated rings. The number of Topliss-reactive ketones (excluding diaryl/α,β-unsaturated/α-hetero) is 1. The molecule has 0 bridgehead atoms. The van der Waals surface area contributed by atoms with Crippen LogP contribution in [0.3, 0.4) is 0 Å². The van der Waals surface area contributed by atoms with Crippen molar-refractivity contribution in [3.8, 4) is 0 Å². The van der Waals surface area contributed by atoms with Crippen LogP contribution in [0.5, 0.6) is 0 Å². The summed E-state index contributed by atoms with van der Waals surface area (Å²) in [4.78, 5) is 33.1. The third-order valence-corrected chi connectivity index (χ3v) is 5.11. The summed E-state index contributed by atoms with van der Waals surface area (Å²) >= 11 is 7.30. The third-order valence-electron chi connectivity index (χ3n) is 4.28. The van der Waals surface area contributed by atoms with Crippen LogP contribution in [0.2, 0.25) is 5.02 Å². The number of hydrogen-bond acceptors (Lipinski definition) is 5. The van der Waals surface area contributed by atoms with Crippen molar-refractivity contribution in [1.29, 1.82) is 0 Å². The molecule has 1 aromatic carbocycles. The number of carbonyl (C=O) groups excluding carboxylic acids is 2. The Morgan fingerprint density at radius 1 is 1.11 bits per heavy atom. The van der Waals surface area contributed by atoms with Gasteiger partial charge in [-0.2, -0.15) is 0 Å². The second-order valence-electron chi connectivity index (χ2n) is 6.60. The molecule has 0 atom stereocenters. The summed E-state index contributed by atoms with van der Waals surface area (Å²) in [5.41, 5.74) is 3.41. The molecule has 7 heteroatoms. The first-order valence-electron chi connectivity index (χ1n) is 8.30. The number of halogens is 1. The van der Waals surface area contributed by atoms with Crippen molar-refractivity contribution in [2.24, 2.45) is 0 Å². The Balaban J connectivity index is 1.66. The number of pyridine rings is 1. The summed E-state index contributed by atoms with van der Waals surface area (Å²) in [6.45, 7) is 3.69. The minimum atomic E-state index is -0.732. The summed E-state index contributed by atoms with van der Waals surface area (Å²) in [6.07, 6.45) is 1.73. The molecule has 0 saturated carbocycles. The molecule has 0 spiro atoms. The van der Waals surface area contributed by atoms with Crippen molar-refractivity contribution in [3.63, 3.8) is 0 Å². The third kappa shape index (κ3) is 4.59. The van der Waals surface area contributed by atoms with Crippen LogP contribution < -0.4 is 5.32 Å². The standard InChI is InChI=1S/C20H18ClN3O2S/c1-20(2,13-3-5-14(21)6-4-13)19(26)24-16-8-7-15(22-10-16)9-18(25)17-11-27-12-23-17/h3-8,10-12H,9H2,1-2H3,(H,24,26). The van der Waals surface area contributed by atoms with E-state index in [9.17, 15) is 9.59 Å². The number of rotatable bonds is 6. The van der Waals surface area contributed by atoms with Gasteiger partial charge in [0.2, 0.25) is 5.91 Å². The average Bonchev–Trinajstić information content (AvgIpc) is 3.18. The van der Waals surface area contributed by atoms with Gasteiger partial charge in [0.05, 0.1) is 29.2 Å². The fourth-order valence-corrected chi connectivity index (χ4v) is 3.18. The summed E-state index contributed by atoms with van der Waals surface area (Å²) in [5, 5.41) is 5.22. The average molecular weight is 400 g/mol. The summed E-state index contributed by atoms with van der Waals surface area (Å²) < 4.78 is 0. The van der Waals surface area contributed by atoms with Crippen molar-refractivity contribution in [2.75, 3.05) is 5.32 Å². The van der Waals surface area contributed by atoms with E-state index in [4.69, 9.17) is 11.6 Å². The van der Waals surface area contributed by atoms with Crippen LogP contribution in [0.1, 0.15) is 35.6 Å². The van der Waals surface area contributed by atoms with Gasteiger partial charge >= 0.3 is 0 Å². The molecule has 138 valence electrons. The van der Waals surface area contributed by atoms with Gasteiger partial charge in [0, 0.05) is 16.1 Å². The number of hydrogen-bond donors (Lipinski definition) is 1. The van der Waals surface area contributed by atoms with Gasteiger partial charge in [-0.15, -0.1) is 11.3 Å². The van der Waals surface area contributed by atoms with Gasteiger partial charge in [-0.1, -0.05) is 23.7 Å². The van der Waals surface area contributed by atoms with Crippen LogP contribution in [0, 0.1) is 0 Å². The predicted molar refractivity (Wildman–Crippen MR) is 107 cm³/mol. The van der Waals surface area contributed by atoms with Crippen LogP contribution in [0.25, 0.3) is 0 Å². The molecule has 2 aromatic heterocycles. The zero-order valence-electron chi connectivity index (χ0n) is 14.9. The smallest absolute Gasteiger partial charge is 0.234 e. The molecule has 0 radical (unpaired) electrons. The van der Waals surface area contributed by atoms with E-state index in [1.165, 1.54) is 11.3 Å². The predicted octanol–water partition coefficient (Wildman–Crippen LogP) is 4.53. The lowest BCUT2D eigenvalue weighted by molar-refractivity contribution is -0.120. The molecule has 0 saturated heterocycles.